The summed E-state index contributed by atoms with van der Waals surface area (Å²) in [6.07, 6.45) is 6.29. The van der Waals surface area contributed by atoms with E-state index in [-0.39, 0.29) is 30.3 Å². The number of carbonyl (C=O) groups is 1. The molecule has 152 valence electrons. The van der Waals surface area contributed by atoms with E-state index in [1.54, 1.807) is 0 Å². The van der Waals surface area contributed by atoms with Crippen molar-refractivity contribution in [2.45, 2.75) is 70.6 Å². The van der Waals surface area contributed by atoms with Gasteiger partial charge in [-0.3, -0.25) is 4.79 Å². The molecule has 0 aromatic heterocycles. The topological polar surface area (TPSA) is 73.6 Å². The van der Waals surface area contributed by atoms with Crippen molar-refractivity contribution < 1.29 is 14.3 Å². The van der Waals surface area contributed by atoms with Gasteiger partial charge in [0.05, 0.1) is 12.0 Å². The van der Waals surface area contributed by atoms with Crippen LogP contribution in [-0.2, 0) is 16.1 Å². The van der Waals surface area contributed by atoms with Crippen molar-refractivity contribution in [2.75, 3.05) is 13.2 Å². The average molecular weight is 397 g/mol. The molecule has 27 heavy (non-hydrogen) atoms. The van der Waals surface area contributed by atoms with Gasteiger partial charge in [0.2, 0.25) is 5.91 Å². The first kappa shape index (κ1) is 22.0. The first-order valence-corrected chi connectivity index (χ1v) is 9.86. The van der Waals surface area contributed by atoms with E-state index in [1.807, 2.05) is 32.0 Å². The number of nitrogens with one attached hydrogen (secondary N) is 1. The lowest BCUT2D eigenvalue weighted by atomic mass is 9.74. The van der Waals surface area contributed by atoms with E-state index >= 15 is 0 Å². The fraction of sp³-hybridized carbons (Fsp3) is 0.667. The summed E-state index contributed by atoms with van der Waals surface area (Å²) in [7, 11) is 0. The van der Waals surface area contributed by atoms with Gasteiger partial charge in [-0.15, -0.1) is 12.4 Å². The zero-order valence-corrected chi connectivity index (χ0v) is 17.3. The fourth-order valence-corrected chi connectivity index (χ4v) is 4.00. The molecule has 0 spiro atoms. The number of hydrogen-bond donors (Lipinski definition) is 2. The first-order chi connectivity index (χ1) is 12.5. The van der Waals surface area contributed by atoms with E-state index in [1.165, 1.54) is 0 Å². The van der Waals surface area contributed by atoms with Crippen molar-refractivity contribution in [1.82, 2.24) is 5.32 Å². The molecule has 2 fully saturated rings. The molecule has 0 bridgehead atoms. The first-order valence-electron chi connectivity index (χ1n) is 9.86. The number of carbonyl (C=O) groups excluding carboxylic acids is 1. The normalized spacial score (nSPS) is 27.7. The summed E-state index contributed by atoms with van der Waals surface area (Å²) in [6.45, 7) is 5.89. The number of rotatable bonds is 6. The number of nitrogens with two attached hydrogens (primary N) is 1. The van der Waals surface area contributed by atoms with Crippen LogP contribution in [0, 0.1) is 12.8 Å². The molecule has 1 aromatic rings. The van der Waals surface area contributed by atoms with Crippen LogP contribution in [-0.4, -0.2) is 30.8 Å². The maximum Gasteiger partial charge on any atom is 0.225 e. The van der Waals surface area contributed by atoms with Crippen molar-refractivity contribution in [1.29, 1.82) is 0 Å². The van der Waals surface area contributed by atoms with Crippen molar-refractivity contribution in [2.24, 2.45) is 11.7 Å². The smallest absolute Gasteiger partial charge is 0.225 e. The lowest BCUT2D eigenvalue weighted by Gasteiger charge is -2.37. The highest BCUT2D eigenvalue weighted by Gasteiger charge is 2.37. The molecule has 3 unspecified atom stereocenters. The molecule has 1 aliphatic carbocycles. The molecular weight excluding hydrogens is 364 g/mol. The van der Waals surface area contributed by atoms with E-state index in [0.717, 1.165) is 62.0 Å². The second kappa shape index (κ2) is 9.76. The van der Waals surface area contributed by atoms with Crippen LogP contribution in [0.1, 0.15) is 56.6 Å². The number of benzene rings is 1. The van der Waals surface area contributed by atoms with Gasteiger partial charge in [0.25, 0.3) is 0 Å². The zero-order valence-electron chi connectivity index (χ0n) is 16.5. The van der Waals surface area contributed by atoms with E-state index in [0.29, 0.717) is 13.2 Å². The number of amides is 1. The number of halogens is 1. The lowest BCUT2D eigenvalue weighted by molar-refractivity contribution is -0.128. The second-order valence-electron chi connectivity index (χ2n) is 8.08. The van der Waals surface area contributed by atoms with Crippen LogP contribution in [0.3, 0.4) is 0 Å². The van der Waals surface area contributed by atoms with Crippen LogP contribution < -0.4 is 15.8 Å². The summed E-state index contributed by atoms with van der Waals surface area (Å²) in [5, 5.41) is 3.08. The van der Waals surface area contributed by atoms with Gasteiger partial charge in [0.1, 0.15) is 12.4 Å². The van der Waals surface area contributed by atoms with Crippen LogP contribution in [0.2, 0.25) is 0 Å². The maximum absolute atomic E-state index is 12.7. The number of ether oxygens (including phenoxy) is 2. The summed E-state index contributed by atoms with van der Waals surface area (Å²) < 4.78 is 11.7. The Labute approximate surface area is 168 Å². The van der Waals surface area contributed by atoms with Gasteiger partial charge in [0, 0.05) is 24.3 Å². The Hall–Kier alpha value is -1.30. The van der Waals surface area contributed by atoms with Crippen molar-refractivity contribution >= 4 is 18.3 Å². The third-order valence-corrected chi connectivity index (χ3v) is 5.70. The average Bonchev–Trinajstić information content (AvgIpc) is 3.12. The largest absolute Gasteiger partial charge is 0.491 e. The molecule has 1 saturated carbocycles. The van der Waals surface area contributed by atoms with Gasteiger partial charge in [-0.05, 0) is 51.2 Å². The summed E-state index contributed by atoms with van der Waals surface area (Å²) in [5.74, 6) is 0.776. The summed E-state index contributed by atoms with van der Waals surface area (Å²) in [6, 6.07) is 6.11. The van der Waals surface area contributed by atoms with Crippen molar-refractivity contribution in [3.63, 3.8) is 0 Å². The van der Waals surface area contributed by atoms with Gasteiger partial charge < -0.3 is 20.5 Å². The molecule has 0 radical (unpaired) electrons. The summed E-state index contributed by atoms with van der Waals surface area (Å²) in [5.41, 5.74) is 8.09. The van der Waals surface area contributed by atoms with E-state index in [2.05, 4.69) is 5.32 Å². The summed E-state index contributed by atoms with van der Waals surface area (Å²) >= 11 is 0. The van der Waals surface area contributed by atoms with Gasteiger partial charge in [-0.1, -0.05) is 25.0 Å². The van der Waals surface area contributed by atoms with Crippen molar-refractivity contribution in [3.05, 3.63) is 29.3 Å². The summed E-state index contributed by atoms with van der Waals surface area (Å²) in [4.78, 5) is 12.7. The van der Waals surface area contributed by atoms with Gasteiger partial charge in [0.15, 0.2) is 0 Å². The van der Waals surface area contributed by atoms with Gasteiger partial charge >= 0.3 is 0 Å². The minimum atomic E-state index is -0.408. The van der Waals surface area contributed by atoms with Crippen molar-refractivity contribution in [3.8, 4) is 5.75 Å². The SMILES string of the molecule is Cc1ccc(CNC(=O)C2CCCCC2(C)N)c(OCC2CCCO2)c1.Cl. The predicted molar refractivity (Wildman–Crippen MR) is 109 cm³/mol. The third kappa shape index (κ3) is 5.84. The van der Waals surface area contributed by atoms with Crippen LogP contribution >= 0.6 is 12.4 Å². The molecule has 1 aromatic carbocycles. The highest BCUT2D eigenvalue weighted by molar-refractivity contribution is 5.85. The highest BCUT2D eigenvalue weighted by Crippen LogP contribution is 2.32. The van der Waals surface area contributed by atoms with E-state index in [9.17, 15) is 4.79 Å². The van der Waals surface area contributed by atoms with Gasteiger partial charge in [-0.2, -0.15) is 0 Å². The Morgan fingerprint density at radius 2 is 2.15 bits per heavy atom. The third-order valence-electron chi connectivity index (χ3n) is 5.70. The Morgan fingerprint density at radius 3 is 2.85 bits per heavy atom. The molecule has 3 atom stereocenters. The fourth-order valence-electron chi connectivity index (χ4n) is 4.00. The van der Waals surface area contributed by atoms with E-state index < -0.39 is 5.54 Å². The van der Waals surface area contributed by atoms with E-state index in [4.69, 9.17) is 15.2 Å². The molecule has 1 amide bonds. The molecule has 3 rings (SSSR count). The Bertz CT molecular complexity index is 630. The standard InChI is InChI=1S/C21H32N2O3.ClH/c1-15-8-9-16(19(12-15)26-14-17-6-5-11-25-17)13-23-20(24)18-7-3-4-10-21(18,2)22;/h8-9,12,17-18H,3-7,10-11,13-14,22H2,1-2H3,(H,23,24);1H. The molecule has 3 N–H and O–H groups in total. The zero-order chi connectivity index (χ0) is 18.6. The Balaban J connectivity index is 0.00000261. The maximum atomic E-state index is 12.7. The highest BCUT2D eigenvalue weighted by atomic mass is 35.5. The quantitative estimate of drug-likeness (QED) is 0.771. The Morgan fingerprint density at radius 1 is 1.33 bits per heavy atom. The molecule has 6 heteroatoms. The lowest BCUT2D eigenvalue weighted by Crippen LogP contribution is -2.52. The minimum absolute atomic E-state index is 0. The molecule has 1 saturated heterocycles. The van der Waals surface area contributed by atoms with Gasteiger partial charge in [-0.25, -0.2) is 0 Å². The monoisotopic (exact) mass is 396 g/mol. The van der Waals surface area contributed by atoms with Crippen LogP contribution in [0.25, 0.3) is 0 Å². The number of aryl methyl sites for hydroxylation is 1. The van der Waals surface area contributed by atoms with Crippen LogP contribution in [0.15, 0.2) is 18.2 Å². The minimum Gasteiger partial charge on any atom is -0.491 e. The predicted octanol–water partition coefficient (Wildman–Crippen LogP) is 3.50. The molecule has 1 heterocycles. The van der Waals surface area contributed by atoms with Crippen LogP contribution in [0.4, 0.5) is 0 Å². The van der Waals surface area contributed by atoms with Crippen LogP contribution in [0.5, 0.6) is 5.75 Å². The molecule has 1 aliphatic heterocycles. The molecule has 2 aliphatic rings. The molecule has 5 nitrogen and oxygen atoms in total. The Kier molecular flexibility index (Phi) is 7.95. The molecular formula is C21H33ClN2O3. The number of hydrogen-bond acceptors (Lipinski definition) is 4. The second-order valence-corrected chi connectivity index (χ2v) is 8.08.